The van der Waals surface area contributed by atoms with Crippen molar-refractivity contribution in [3.05, 3.63) is 0 Å². The van der Waals surface area contributed by atoms with Gasteiger partial charge in [0.05, 0.1) is 5.25 Å². The molecule has 0 saturated heterocycles. The summed E-state index contributed by atoms with van der Waals surface area (Å²) in [5.74, 6) is 6.07. The zero-order valence-corrected chi connectivity index (χ0v) is 9.32. The molecule has 1 amide bonds. The second kappa shape index (κ2) is 8.38. The Morgan fingerprint density at radius 2 is 2.15 bits per heavy atom. The third-order valence-corrected chi connectivity index (χ3v) is 3.35. The van der Waals surface area contributed by atoms with E-state index in [2.05, 4.69) is 12.3 Å². The molecular weight excluding hydrogens is 184 g/mol. The number of hydrogen-bond donors (Lipinski definition) is 2. The van der Waals surface area contributed by atoms with Crippen LogP contribution in [0, 0.1) is 0 Å². The van der Waals surface area contributed by atoms with Crippen LogP contribution in [-0.4, -0.2) is 16.9 Å². The maximum atomic E-state index is 11.1. The van der Waals surface area contributed by atoms with Gasteiger partial charge in [0.15, 0.2) is 0 Å². The summed E-state index contributed by atoms with van der Waals surface area (Å²) in [7, 11) is 0. The lowest BCUT2D eigenvalue weighted by atomic mass is 10.3. The first-order valence-electron chi connectivity index (χ1n) is 4.88. The Balaban J connectivity index is 3.53. The van der Waals surface area contributed by atoms with Gasteiger partial charge >= 0.3 is 0 Å². The molecule has 0 aromatic carbocycles. The lowest BCUT2D eigenvalue weighted by Crippen LogP contribution is -2.37. The van der Waals surface area contributed by atoms with Gasteiger partial charge in [-0.05, 0) is 18.6 Å². The molecule has 0 rings (SSSR count). The van der Waals surface area contributed by atoms with Gasteiger partial charge in [-0.25, -0.2) is 5.84 Å². The minimum absolute atomic E-state index is 0.0295. The van der Waals surface area contributed by atoms with Crippen LogP contribution < -0.4 is 11.3 Å². The van der Waals surface area contributed by atoms with E-state index < -0.39 is 0 Å². The zero-order valence-electron chi connectivity index (χ0n) is 8.51. The molecule has 3 nitrogen and oxygen atoms in total. The molecule has 1 unspecified atom stereocenters. The van der Waals surface area contributed by atoms with Gasteiger partial charge in [-0.1, -0.05) is 26.7 Å². The van der Waals surface area contributed by atoms with Crippen molar-refractivity contribution in [2.45, 2.75) is 44.8 Å². The van der Waals surface area contributed by atoms with Gasteiger partial charge in [-0.3, -0.25) is 10.2 Å². The van der Waals surface area contributed by atoms with Crippen molar-refractivity contribution in [3.63, 3.8) is 0 Å². The molecule has 0 heterocycles. The third-order valence-electron chi connectivity index (χ3n) is 1.87. The fraction of sp³-hybridized carbons (Fsp3) is 0.889. The highest BCUT2D eigenvalue weighted by Gasteiger charge is 2.14. The number of unbranched alkanes of at least 4 members (excludes halogenated alkanes) is 2. The first-order chi connectivity index (χ1) is 6.26. The molecular formula is C9H20N2OS. The normalized spacial score (nSPS) is 12.5. The van der Waals surface area contributed by atoms with Crippen LogP contribution in [0.3, 0.4) is 0 Å². The van der Waals surface area contributed by atoms with Crippen molar-refractivity contribution in [2.75, 3.05) is 5.75 Å². The number of carbonyl (C=O) groups is 1. The van der Waals surface area contributed by atoms with Crippen LogP contribution in [0.25, 0.3) is 0 Å². The maximum Gasteiger partial charge on any atom is 0.246 e. The summed E-state index contributed by atoms with van der Waals surface area (Å²) in [6, 6.07) is 0. The number of amides is 1. The van der Waals surface area contributed by atoms with Gasteiger partial charge in [-0.15, -0.1) is 11.8 Å². The Hall–Kier alpha value is -0.220. The third kappa shape index (κ3) is 5.93. The molecule has 3 N–H and O–H groups in total. The smallest absolute Gasteiger partial charge is 0.246 e. The summed E-state index contributed by atoms with van der Waals surface area (Å²) in [6.45, 7) is 4.18. The van der Waals surface area contributed by atoms with Gasteiger partial charge in [0.25, 0.3) is 0 Å². The number of nitrogens with one attached hydrogen (secondary N) is 1. The Bertz CT molecular complexity index is 142. The summed E-state index contributed by atoms with van der Waals surface area (Å²) in [6.07, 6.45) is 4.50. The van der Waals surface area contributed by atoms with Gasteiger partial charge < -0.3 is 0 Å². The fourth-order valence-electron chi connectivity index (χ4n) is 1.05. The minimum Gasteiger partial charge on any atom is -0.293 e. The molecule has 0 saturated carbocycles. The number of rotatable bonds is 7. The SMILES string of the molecule is CCCCCSC(CC)C(=O)NN. The van der Waals surface area contributed by atoms with E-state index in [0.717, 1.165) is 12.2 Å². The molecule has 4 heteroatoms. The molecule has 0 fully saturated rings. The van der Waals surface area contributed by atoms with E-state index in [1.54, 1.807) is 11.8 Å². The first kappa shape index (κ1) is 12.8. The van der Waals surface area contributed by atoms with Crippen LogP contribution in [-0.2, 0) is 4.79 Å². The highest BCUT2D eigenvalue weighted by molar-refractivity contribution is 8.00. The molecule has 0 aliphatic heterocycles. The second-order valence-corrected chi connectivity index (χ2v) is 4.29. The Morgan fingerprint density at radius 3 is 2.62 bits per heavy atom. The lowest BCUT2D eigenvalue weighted by Gasteiger charge is -2.11. The van der Waals surface area contributed by atoms with Crippen LogP contribution >= 0.6 is 11.8 Å². The molecule has 78 valence electrons. The van der Waals surface area contributed by atoms with Crippen LogP contribution in [0.2, 0.25) is 0 Å². The fourth-order valence-corrected chi connectivity index (χ4v) is 2.16. The number of carbonyl (C=O) groups excluding carboxylic acids is 1. The van der Waals surface area contributed by atoms with Gasteiger partial charge in [-0.2, -0.15) is 0 Å². The second-order valence-electron chi connectivity index (χ2n) is 2.98. The first-order valence-corrected chi connectivity index (χ1v) is 5.93. The predicted octanol–water partition coefficient (Wildman–Crippen LogP) is 1.68. The molecule has 13 heavy (non-hydrogen) atoms. The summed E-state index contributed by atoms with van der Waals surface area (Å²) < 4.78 is 0. The van der Waals surface area contributed by atoms with E-state index in [-0.39, 0.29) is 11.2 Å². The van der Waals surface area contributed by atoms with Gasteiger partial charge in [0.2, 0.25) is 5.91 Å². The Kier molecular flexibility index (Phi) is 8.24. The summed E-state index contributed by atoms with van der Waals surface area (Å²) >= 11 is 1.70. The van der Waals surface area contributed by atoms with Gasteiger partial charge in [0.1, 0.15) is 0 Å². The molecule has 0 aliphatic carbocycles. The van der Waals surface area contributed by atoms with E-state index in [9.17, 15) is 4.79 Å². The molecule has 0 bridgehead atoms. The number of nitrogens with two attached hydrogens (primary N) is 1. The van der Waals surface area contributed by atoms with Crippen LogP contribution in [0.5, 0.6) is 0 Å². The van der Waals surface area contributed by atoms with Crippen LogP contribution in [0.4, 0.5) is 0 Å². The van der Waals surface area contributed by atoms with E-state index in [4.69, 9.17) is 5.84 Å². The predicted molar refractivity (Wildman–Crippen MR) is 58.4 cm³/mol. The Morgan fingerprint density at radius 1 is 1.46 bits per heavy atom. The maximum absolute atomic E-state index is 11.1. The summed E-state index contributed by atoms with van der Waals surface area (Å²) in [5, 5.41) is 0.0295. The van der Waals surface area contributed by atoms with E-state index in [0.29, 0.717) is 0 Å². The van der Waals surface area contributed by atoms with Crippen LogP contribution in [0.15, 0.2) is 0 Å². The Labute approximate surface area is 84.8 Å². The molecule has 0 aromatic rings. The molecule has 1 atom stereocenters. The van der Waals surface area contributed by atoms with Crippen molar-refractivity contribution in [1.29, 1.82) is 0 Å². The molecule has 0 spiro atoms. The monoisotopic (exact) mass is 204 g/mol. The zero-order chi connectivity index (χ0) is 10.1. The van der Waals surface area contributed by atoms with Crippen molar-refractivity contribution in [1.82, 2.24) is 5.43 Å². The minimum atomic E-state index is -0.0519. The number of thioether (sulfide) groups is 1. The highest BCUT2D eigenvalue weighted by Crippen LogP contribution is 2.16. The summed E-state index contributed by atoms with van der Waals surface area (Å²) in [4.78, 5) is 11.1. The van der Waals surface area contributed by atoms with Crippen molar-refractivity contribution < 1.29 is 4.79 Å². The average Bonchev–Trinajstić information content (AvgIpc) is 2.17. The summed E-state index contributed by atoms with van der Waals surface area (Å²) in [5.41, 5.74) is 2.20. The van der Waals surface area contributed by atoms with Crippen molar-refractivity contribution in [2.24, 2.45) is 5.84 Å². The quantitative estimate of drug-likeness (QED) is 0.287. The largest absolute Gasteiger partial charge is 0.293 e. The number of hydrogen-bond acceptors (Lipinski definition) is 3. The van der Waals surface area contributed by atoms with Crippen molar-refractivity contribution >= 4 is 17.7 Å². The topological polar surface area (TPSA) is 55.1 Å². The number of hydrazine groups is 1. The standard InChI is InChI=1S/C9H20N2OS/c1-3-5-6-7-13-8(4-2)9(12)11-10/h8H,3-7,10H2,1-2H3,(H,11,12). The molecule has 0 aliphatic rings. The van der Waals surface area contributed by atoms with E-state index >= 15 is 0 Å². The molecule has 0 aromatic heterocycles. The van der Waals surface area contributed by atoms with Crippen molar-refractivity contribution in [3.8, 4) is 0 Å². The average molecular weight is 204 g/mol. The van der Waals surface area contributed by atoms with Crippen LogP contribution in [0.1, 0.15) is 39.5 Å². The molecule has 0 radical (unpaired) electrons. The van der Waals surface area contributed by atoms with E-state index in [1.807, 2.05) is 6.92 Å². The van der Waals surface area contributed by atoms with Gasteiger partial charge in [0, 0.05) is 0 Å². The van der Waals surface area contributed by atoms with E-state index in [1.165, 1.54) is 19.3 Å². The lowest BCUT2D eigenvalue weighted by molar-refractivity contribution is -0.120. The highest BCUT2D eigenvalue weighted by atomic mass is 32.2.